The summed E-state index contributed by atoms with van der Waals surface area (Å²) in [5.74, 6) is 0.129. The summed E-state index contributed by atoms with van der Waals surface area (Å²) in [6, 6.07) is 7.70. The van der Waals surface area contributed by atoms with Crippen LogP contribution in [-0.2, 0) is 6.42 Å². The molecule has 0 heterocycles. The fourth-order valence-corrected chi connectivity index (χ4v) is 2.51. The predicted molar refractivity (Wildman–Crippen MR) is 98.5 cm³/mol. The summed E-state index contributed by atoms with van der Waals surface area (Å²) in [4.78, 5) is 11.5. The van der Waals surface area contributed by atoms with E-state index in [4.69, 9.17) is 4.74 Å². The summed E-state index contributed by atoms with van der Waals surface area (Å²) >= 11 is 0. The van der Waals surface area contributed by atoms with Gasteiger partial charge in [0, 0.05) is 5.56 Å². The number of aldehydes is 1. The van der Waals surface area contributed by atoms with Crippen LogP contribution in [0.5, 0.6) is 11.5 Å². The summed E-state index contributed by atoms with van der Waals surface area (Å²) in [5.41, 5.74) is 3.09. The first-order valence-electron chi connectivity index (χ1n) is 7.92. The third-order valence-corrected chi connectivity index (χ3v) is 3.90. The number of rotatable bonds is 7. The molecule has 0 atom stereocenters. The molecule has 0 unspecified atom stereocenters. The molecule has 2 aromatic carbocycles. The van der Waals surface area contributed by atoms with E-state index < -0.39 is 0 Å². The van der Waals surface area contributed by atoms with Gasteiger partial charge in [0.15, 0.2) is 6.29 Å². The van der Waals surface area contributed by atoms with Crippen LogP contribution in [-0.4, -0.2) is 18.5 Å². The van der Waals surface area contributed by atoms with Gasteiger partial charge in [-0.2, -0.15) is 0 Å². The molecule has 0 aliphatic rings. The van der Waals surface area contributed by atoms with E-state index in [0.717, 1.165) is 11.1 Å². The summed E-state index contributed by atoms with van der Waals surface area (Å²) < 4.78 is 18.3. The number of methoxy groups -OCH3 is 1. The van der Waals surface area contributed by atoms with Crippen molar-refractivity contribution < 1.29 is 19.0 Å². The number of benzene rings is 2. The van der Waals surface area contributed by atoms with Gasteiger partial charge in [-0.25, -0.2) is 4.39 Å². The van der Waals surface area contributed by atoms with Crippen molar-refractivity contribution in [3.63, 3.8) is 0 Å². The summed E-state index contributed by atoms with van der Waals surface area (Å²) in [6.07, 6.45) is 5.29. The first kappa shape index (κ1) is 18.5. The number of phenolic OH excluding ortho intramolecular Hbond substituents is 1. The minimum absolute atomic E-state index is 0.0747. The molecule has 0 bridgehead atoms. The van der Waals surface area contributed by atoms with Gasteiger partial charge in [-0.3, -0.25) is 4.79 Å². The van der Waals surface area contributed by atoms with Crippen LogP contribution in [0.2, 0.25) is 0 Å². The number of aromatic hydroxyl groups is 1. The zero-order valence-corrected chi connectivity index (χ0v) is 14.4. The highest BCUT2D eigenvalue weighted by Crippen LogP contribution is 2.35. The van der Waals surface area contributed by atoms with Gasteiger partial charge in [-0.1, -0.05) is 29.9 Å². The SMILES string of the molecule is C=C(C)CCc1c(OC)cc(/C=C/c2ccc(F)cc2)c(C=O)c1O. The average molecular weight is 340 g/mol. The Morgan fingerprint density at radius 1 is 1.28 bits per heavy atom. The molecule has 130 valence electrons. The normalized spacial score (nSPS) is 10.8. The van der Waals surface area contributed by atoms with Crippen molar-refractivity contribution in [3.05, 3.63) is 70.6 Å². The maximum atomic E-state index is 13.0. The van der Waals surface area contributed by atoms with Gasteiger partial charge in [-0.05, 0) is 49.1 Å². The average Bonchev–Trinajstić information content (AvgIpc) is 2.59. The molecule has 0 radical (unpaired) electrons. The lowest BCUT2D eigenvalue weighted by Crippen LogP contribution is -1.99. The molecular weight excluding hydrogens is 319 g/mol. The quantitative estimate of drug-likeness (QED) is 0.437. The molecule has 2 aromatic rings. The molecule has 4 heteroatoms. The highest BCUT2D eigenvalue weighted by molar-refractivity contribution is 5.89. The van der Waals surface area contributed by atoms with Crippen LogP contribution in [0.3, 0.4) is 0 Å². The Morgan fingerprint density at radius 2 is 1.96 bits per heavy atom. The van der Waals surface area contributed by atoms with Crippen molar-refractivity contribution in [2.45, 2.75) is 19.8 Å². The number of ether oxygens (including phenoxy) is 1. The molecule has 0 amide bonds. The van der Waals surface area contributed by atoms with Crippen molar-refractivity contribution in [1.29, 1.82) is 0 Å². The fourth-order valence-electron chi connectivity index (χ4n) is 2.51. The minimum atomic E-state index is -0.313. The number of carbonyl (C=O) groups is 1. The van der Waals surface area contributed by atoms with Crippen molar-refractivity contribution in [3.8, 4) is 11.5 Å². The van der Waals surface area contributed by atoms with E-state index in [1.807, 2.05) is 6.92 Å². The number of halogens is 1. The monoisotopic (exact) mass is 340 g/mol. The minimum Gasteiger partial charge on any atom is -0.507 e. The molecular formula is C21H21FO3. The van der Waals surface area contributed by atoms with Gasteiger partial charge in [-0.15, -0.1) is 6.58 Å². The zero-order valence-electron chi connectivity index (χ0n) is 14.4. The molecule has 0 saturated carbocycles. The van der Waals surface area contributed by atoms with E-state index in [2.05, 4.69) is 6.58 Å². The second-order valence-electron chi connectivity index (χ2n) is 5.87. The standard InChI is InChI=1S/C21H21FO3/c1-14(2)4-11-18-20(25-3)12-16(19(13-23)21(18)24)8-5-15-6-9-17(22)10-7-15/h5-10,12-13,24H,1,4,11H2,2-3H3/b8-5+. The molecule has 0 fully saturated rings. The Kier molecular flexibility index (Phi) is 6.12. The highest BCUT2D eigenvalue weighted by Gasteiger charge is 2.16. The summed E-state index contributed by atoms with van der Waals surface area (Å²) in [6.45, 7) is 5.76. The van der Waals surface area contributed by atoms with Crippen LogP contribution in [0.4, 0.5) is 4.39 Å². The molecule has 25 heavy (non-hydrogen) atoms. The largest absolute Gasteiger partial charge is 0.507 e. The molecule has 1 N–H and O–H groups in total. The van der Waals surface area contributed by atoms with Gasteiger partial charge in [0.25, 0.3) is 0 Å². The van der Waals surface area contributed by atoms with Crippen molar-refractivity contribution >= 4 is 18.4 Å². The van der Waals surface area contributed by atoms with Crippen molar-refractivity contribution in [2.24, 2.45) is 0 Å². The van der Waals surface area contributed by atoms with Gasteiger partial charge >= 0.3 is 0 Å². The maximum absolute atomic E-state index is 13.0. The molecule has 0 aliphatic carbocycles. The first-order valence-corrected chi connectivity index (χ1v) is 7.92. The lowest BCUT2D eigenvalue weighted by atomic mass is 9.97. The van der Waals surface area contributed by atoms with Crippen molar-refractivity contribution in [1.82, 2.24) is 0 Å². The van der Waals surface area contributed by atoms with Crippen LogP contribution in [0, 0.1) is 5.82 Å². The number of hydrogen-bond donors (Lipinski definition) is 1. The third kappa shape index (κ3) is 4.57. The number of phenols is 1. The lowest BCUT2D eigenvalue weighted by molar-refractivity contribution is 0.112. The molecule has 0 spiro atoms. The van der Waals surface area contributed by atoms with Crippen molar-refractivity contribution in [2.75, 3.05) is 7.11 Å². The molecule has 0 saturated heterocycles. The summed E-state index contributed by atoms with van der Waals surface area (Å²) in [5, 5.41) is 10.5. The Bertz CT molecular complexity index is 805. The maximum Gasteiger partial charge on any atom is 0.154 e. The Morgan fingerprint density at radius 3 is 2.52 bits per heavy atom. The molecule has 3 nitrogen and oxygen atoms in total. The van der Waals surface area contributed by atoms with E-state index in [9.17, 15) is 14.3 Å². The van der Waals surface area contributed by atoms with Crippen LogP contribution in [0.25, 0.3) is 12.2 Å². The van der Waals surface area contributed by atoms with E-state index in [-0.39, 0.29) is 17.1 Å². The highest BCUT2D eigenvalue weighted by atomic mass is 19.1. The fraction of sp³-hybridized carbons (Fsp3) is 0.190. The van der Waals surface area contributed by atoms with Gasteiger partial charge in [0.1, 0.15) is 17.3 Å². The molecule has 2 rings (SSSR count). The Hall–Kier alpha value is -2.88. The van der Waals surface area contributed by atoms with Crippen LogP contribution < -0.4 is 4.74 Å². The zero-order chi connectivity index (χ0) is 18.4. The van der Waals surface area contributed by atoms with Crippen LogP contribution in [0.15, 0.2) is 42.5 Å². The third-order valence-electron chi connectivity index (χ3n) is 3.90. The van der Waals surface area contributed by atoms with Gasteiger partial charge in [0.2, 0.25) is 0 Å². The van der Waals surface area contributed by atoms with Gasteiger partial charge in [0.05, 0.1) is 12.7 Å². The lowest BCUT2D eigenvalue weighted by Gasteiger charge is -2.14. The smallest absolute Gasteiger partial charge is 0.154 e. The van der Waals surface area contributed by atoms with Gasteiger partial charge < -0.3 is 9.84 Å². The van der Waals surface area contributed by atoms with E-state index in [0.29, 0.717) is 36.0 Å². The van der Waals surface area contributed by atoms with E-state index in [1.165, 1.54) is 19.2 Å². The van der Waals surface area contributed by atoms with Crippen LogP contribution >= 0.6 is 0 Å². The van der Waals surface area contributed by atoms with E-state index >= 15 is 0 Å². The molecule has 0 aliphatic heterocycles. The topological polar surface area (TPSA) is 46.5 Å². The number of allylic oxidation sites excluding steroid dienone is 1. The summed E-state index contributed by atoms with van der Waals surface area (Å²) in [7, 11) is 1.52. The first-order chi connectivity index (χ1) is 12.0. The number of carbonyl (C=O) groups excluding carboxylic acids is 1. The second kappa shape index (κ2) is 8.29. The van der Waals surface area contributed by atoms with E-state index in [1.54, 1.807) is 30.4 Å². The second-order valence-corrected chi connectivity index (χ2v) is 5.87. The Balaban J connectivity index is 2.43. The predicted octanol–water partition coefficient (Wildman–Crippen LogP) is 5.03. The van der Waals surface area contributed by atoms with Crippen LogP contribution in [0.1, 0.15) is 40.4 Å². The Labute approximate surface area is 147 Å². The molecule has 0 aromatic heterocycles. The number of hydrogen-bond acceptors (Lipinski definition) is 3.